The standard InChI is InChI=1S/C25H29N7O3/c1-16(29-24(34)35-25(2,3)4)20-14-31(15-28-20)18-9-8-17(12-26)19(11-18)30-23(33)21-13-27-22-7-5-6-10-32(21)22/h5-11,13-16H,12,26H2,1-4H3,(H,29,34)(H,30,33)/t16-/m1/s1. The normalized spacial score (nSPS) is 12.4. The zero-order chi connectivity index (χ0) is 25.2. The van der Waals surface area contributed by atoms with Gasteiger partial charge in [0.2, 0.25) is 0 Å². The maximum Gasteiger partial charge on any atom is 0.408 e. The van der Waals surface area contributed by atoms with Crippen molar-refractivity contribution < 1.29 is 14.3 Å². The third-order valence-electron chi connectivity index (χ3n) is 5.29. The smallest absolute Gasteiger partial charge is 0.408 e. The second-order valence-corrected chi connectivity index (χ2v) is 9.15. The lowest BCUT2D eigenvalue weighted by molar-refractivity contribution is 0.0507. The van der Waals surface area contributed by atoms with Crippen molar-refractivity contribution in [1.82, 2.24) is 24.3 Å². The van der Waals surface area contributed by atoms with Crippen LogP contribution in [0.5, 0.6) is 0 Å². The number of aromatic nitrogens is 4. The van der Waals surface area contributed by atoms with Crippen LogP contribution in [0.1, 0.15) is 55.5 Å². The Hall–Kier alpha value is -4.18. The lowest BCUT2D eigenvalue weighted by Gasteiger charge is -2.21. The van der Waals surface area contributed by atoms with E-state index in [9.17, 15) is 9.59 Å². The summed E-state index contributed by atoms with van der Waals surface area (Å²) in [5.74, 6) is -0.294. The van der Waals surface area contributed by atoms with E-state index in [1.165, 1.54) is 6.20 Å². The average Bonchev–Trinajstić information content (AvgIpc) is 3.45. The molecule has 0 bridgehead atoms. The molecule has 3 aromatic heterocycles. The van der Waals surface area contributed by atoms with E-state index in [0.717, 1.165) is 11.3 Å². The lowest BCUT2D eigenvalue weighted by atomic mass is 10.1. The summed E-state index contributed by atoms with van der Waals surface area (Å²) < 4.78 is 8.85. The van der Waals surface area contributed by atoms with E-state index >= 15 is 0 Å². The molecule has 3 heterocycles. The Kier molecular flexibility index (Phi) is 6.57. The minimum Gasteiger partial charge on any atom is -0.444 e. The van der Waals surface area contributed by atoms with Gasteiger partial charge < -0.3 is 25.7 Å². The van der Waals surface area contributed by atoms with Gasteiger partial charge in [0.25, 0.3) is 5.91 Å². The van der Waals surface area contributed by atoms with Gasteiger partial charge in [-0.3, -0.25) is 9.20 Å². The molecule has 0 aliphatic heterocycles. The van der Waals surface area contributed by atoms with Crippen molar-refractivity contribution in [3.8, 4) is 5.69 Å². The number of nitrogens with zero attached hydrogens (tertiary/aromatic N) is 4. The first-order valence-corrected chi connectivity index (χ1v) is 11.2. The molecule has 4 aromatic rings. The Labute approximate surface area is 203 Å². The number of hydrogen-bond donors (Lipinski definition) is 3. The monoisotopic (exact) mass is 475 g/mol. The van der Waals surface area contributed by atoms with E-state index in [1.54, 1.807) is 16.9 Å². The Morgan fingerprint density at radius 2 is 1.97 bits per heavy atom. The topological polar surface area (TPSA) is 129 Å². The second kappa shape index (κ2) is 9.59. The second-order valence-electron chi connectivity index (χ2n) is 9.15. The molecule has 0 saturated carbocycles. The van der Waals surface area contributed by atoms with Crippen molar-refractivity contribution in [2.24, 2.45) is 5.73 Å². The molecule has 0 aliphatic rings. The number of rotatable bonds is 6. The minimum atomic E-state index is -0.585. The van der Waals surface area contributed by atoms with E-state index in [0.29, 0.717) is 22.7 Å². The minimum absolute atomic E-state index is 0.259. The van der Waals surface area contributed by atoms with Gasteiger partial charge in [-0.25, -0.2) is 14.8 Å². The number of amides is 2. The number of nitrogens with one attached hydrogen (secondary N) is 2. The molecule has 1 atom stereocenters. The van der Waals surface area contributed by atoms with Gasteiger partial charge in [-0.1, -0.05) is 12.1 Å². The highest BCUT2D eigenvalue weighted by Gasteiger charge is 2.20. The summed E-state index contributed by atoms with van der Waals surface area (Å²) in [4.78, 5) is 33.8. The number of alkyl carbamates (subject to hydrolysis) is 1. The number of nitrogens with two attached hydrogens (primary N) is 1. The van der Waals surface area contributed by atoms with Crippen LogP contribution in [-0.4, -0.2) is 36.5 Å². The summed E-state index contributed by atoms with van der Waals surface area (Å²) in [5, 5.41) is 5.74. The Morgan fingerprint density at radius 3 is 2.71 bits per heavy atom. The van der Waals surface area contributed by atoms with Crippen LogP contribution in [0.25, 0.3) is 11.3 Å². The van der Waals surface area contributed by atoms with Gasteiger partial charge in [0.15, 0.2) is 0 Å². The maximum atomic E-state index is 13.0. The van der Waals surface area contributed by atoms with Crippen LogP contribution in [0.3, 0.4) is 0 Å². The molecule has 1 aromatic carbocycles. The van der Waals surface area contributed by atoms with Gasteiger partial charge in [-0.15, -0.1) is 0 Å². The van der Waals surface area contributed by atoms with E-state index in [2.05, 4.69) is 20.6 Å². The number of imidazole rings is 2. The van der Waals surface area contributed by atoms with Crippen molar-refractivity contribution in [2.45, 2.75) is 45.9 Å². The van der Waals surface area contributed by atoms with Crippen LogP contribution in [0, 0.1) is 0 Å². The molecule has 4 N–H and O–H groups in total. The fourth-order valence-electron chi connectivity index (χ4n) is 3.57. The van der Waals surface area contributed by atoms with Crippen LogP contribution in [0.2, 0.25) is 0 Å². The molecule has 0 saturated heterocycles. The van der Waals surface area contributed by atoms with E-state index in [1.807, 2.05) is 74.9 Å². The van der Waals surface area contributed by atoms with Gasteiger partial charge in [0.05, 0.1) is 24.3 Å². The predicted molar refractivity (Wildman–Crippen MR) is 132 cm³/mol. The van der Waals surface area contributed by atoms with Crippen molar-refractivity contribution in [1.29, 1.82) is 0 Å². The molecule has 182 valence electrons. The zero-order valence-electron chi connectivity index (χ0n) is 20.1. The highest BCUT2D eigenvalue weighted by molar-refractivity contribution is 6.04. The number of anilines is 1. The lowest BCUT2D eigenvalue weighted by Crippen LogP contribution is -2.34. The Morgan fingerprint density at radius 1 is 1.17 bits per heavy atom. The molecular weight excluding hydrogens is 446 g/mol. The number of fused-ring (bicyclic) bond motifs is 1. The summed E-state index contributed by atoms with van der Waals surface area (Å²) in [5.41, 5.74) is 9.26. The molecule has 35 heavy (non-hydrogen) atoms. The highest BCUT2D eigenvalue weighted by atomic mass is 16.6. The first kappa shape index (κ1) is 24.0. The number of benzene rings is 1. The molecule has 0 unspecified atom stereocenters. The van der Waals surface area contributed by atoms with Gasteiger partial charge in [0, 0.05) is 30.3 Å². The average molecular weight is 476 g/mol. The zero-order valence-corrected chi connectivity index (χ0v) is 20.1. The van der Waals surface area contributed by atoms with Crippen molar-refractivity contribution in [3.63, 3.8) is 0 Å². The molecule has 4 rings (SSSR count). The molecule has 0 aliphatic carbocycles. The van der Waals surface area contributed by atoms with Crippen molar-refractivity contribution in [3.05, 3.63) is 78.3 Å². The molecule has 10 heteroatoms. The predicted octanol–water partition coefficient (Wildman–Crippen LogP) is 3.82. The van der Waals surface area contributed by atoms with E-state index in [4.69, 9.17) is 10.5 Å². The van der Waals surface area contributed by atoms with Crippen LogP contribution in [-0.2, 0) is 11.3 Å². The number of carbonyl (C=O) groups excluding carboxylic acids is 2. The fourth-order valence-corrected chi connectivity index (χ4v) is 3.57. The number of pyridine rings is 1. The summed E-state index contributed by atoms with van der Waals surface area (Å²) in [6, 6.07) is 10.8. The van der Waals surface area contributed by atoms with Crippen LogP contribution < -0.4 is 16.4 Å². The highest BCUT2D eigenvalue weighted by Crippen LogP contribution is 2.23. The maximum absolute atomic E-state index is 13.0. The third-order valence-corrected chi connectivity index (χ3v) is 5.29. The molecular formula is C25H29N7O3. The van der Waals surface area contributed by atoms with Gasteiger partial charge in [-0.05, 0) is 57.5 Å². The van der Waals surface area contributed by atoms with E-state index < -0.39 is 11.7 Å². The largest absolute Gasteiger partial charge is 0.444 e. The molecule has 10 nitrogen and oxygen atoms in total. The number of ether oxygens (including phenoxy) is 1. The van der Waals surface area contributed by atoms with Crippen LogP contribution in [0.4, 0.5) is 10.5 Å². The van der Waals surface area contributed by atoms with Crippen LogP contribution >= 0.6 is 0 Å². The van der Waals surface area contributed by atoms with Crippen molar-refractivity contribution in [2.75, 3.05) is 5.32 Å². The van der Waals surface area contributed by atoms with Crippen molar-refractivity contribution >= 4 is 23.3 Å². The molecule has 0 spiro atoms. The Bertz CT molecular complexity index is 1370. The summed E-state index contributed by atoms with van der Waals surface area (Å²) in [7, 11) is 0. The molecule has 2 amide bonds. The fraction of sp³-hybridized carbons (Fsp3) is 0.280. The summed E-state index contributed by atoms with van der Waals surface area (Å²) in [6.45, 7) is 7.51. The van der Waals surface area contributed by atoms with Gasteiger partial charge in [0.1, 0.15) is 16.9 Å². The quantitative estimate of drug-likeness (QED) is 0.389. The first-order chi connectivity index (χ1) is 16.6. The van der Waals surface area contributed by atoms with Crippen LogP contribution in [0.15, 0.2) is 61.3 Å². The molecule has 0 fully saturated rings. The van der Waals surface area contributed by atoms with Gasteiger partial charge in [-0.2, -0.15) is 0 Å². The van der Waals surface area contributed by atoms with Gasteiger partial charge >= 0.3 is 6.09 Å². The molecule has 0 radical (unpaired) electrons. The van der Waals surface area contributed by atoms with E-state index in [-0.39, 0.29) is 18.5 Å². The Balaban J connectivity index is 1.54. The summed E-state index contributed by atoms with van der Waals surface area (Å²) in [6.07, 6.45) is 6.28. The number of carbonyl (C=O) groups is 2. The summed E-state index contributed by atoms with van der Waals surface area (Å²) >= 11 is 0. The number of hydrogen-bond acceptors (Lipinski definition) is 6. The SMILES string of the molecule is C[C@@H](NC(=O)OC(C)(C)C)c1cn(-c2ccc(CN)c(NC(=O)c3cnc4ccccn34)c2)cn1. The third kappa shape index (κ3) is 5.49. The first-order valence-electron chi connectivity index (χ1n) is 11.2.